The minimum Gasteiger partial charge on any atom is -0.408 e. The van der Waals surface area contributed by atoms with Crippen molar-refractivity contribution in [2.45, 2.75) is 46.5 Å². The van der Waals surface area contributed by atoms with Crippen LogP contribution in [0.1, 0.15) is 37.5 Å². The van der Waals surface area contributed by atoms with E-state index in [1.54, 1.807) is 24.8 Å². The Morgan fingerprint density at radius 1 is 1.38 bits per heavy atom. The van der Waals surface area contributed by atoms with E-state index in [1.807, 2.05) is 17.9 Å². The highest BCUT2D eigenvalue weighted by molar-refractivity contribution is 5.70. The van der Waals surface area contributed by atoms with Gasteiger partial charge < -0.3 is 9.64 Å². The molecule has 1 aromatic rings. The highest BCUT2D eigenvalue weighted by Gasteiger charge is 2.34. The van der Waals surface area contributed by atoms with Crippen LogP contribution in [-0.4, -0.2) is 48.3 Å². The van der Waals surface area contributed by atoms with Gasteiger partial charge in [-0.1, -0.05) is 12.1 Å². The zero-order valence-electron chi connectivity index (χ0n) is 18.7. The Kier molecular flexibility index (Phi) is 8.22. The zero-order valence-corrected chi connectivity index (χ0v) is 18.7. The summed E-state index contributed by atoms with van der Waals surface area (Å²) in [5, 5.41) is 9.08. The minimum absolute atomic E-state index is 0.151. The fourth-order valence-corrected chi connectivity index (χ4v) is 3.55. The first-order valence-electron chi connectivity index (χ1n) is 10.1. The van der Waals surface area contributed by atoms with Crippen molar-refractivity contribution in [2.24, 2.45) is 4.99 Å². The number of carbonyl (C=O) groups is 1. The molecule has 1 aliphatic heterocycles. The lowest BCUT2D eigenvalue weighted by atomic mass is 10.0. The normalized spacial score (nSPS) is 18.6. The lowest BCUT2D eigenvalue weighted by Gasteiger charge is -2.39. The van der Waals surface area contributed by atoms with Crippen molar-refractivity contribution < 1.29 is 22.7 Å². The summed E-state index contributed by atoms with van der Waals surface area (Å²) in [5.74, 6) is 0.151. The first kappa shape index (κ1) is 25.1. The fraction of sp³-hybridized carbons (Fsp3) is 0.435. The molecule has 2 rings (SSSR count). The summed E-state index contributed by atoms with van der Waals surface area (Å²) in [5.41, 5.74) is 1.08. The van der Waals surface area contributed by atoms with E-state index in [0.717, 1.165) is 6.07 Å². The van der Waals surface area contributed by atoms with Crippen molar-refractivity contribution in [2.75, 3.05) is 19.6 Å². The van der Waals surface area contributed by atoms with Crippen molar-refractivity contribution >= 4 is 12.8 Å². The topological polar surface area (TPSA) is 68.9 Å². The zero-order chi connectivity index (χ0) is 24.1. The predicted molar refractivity (Wildman–Crippen MR) is 116 cm³/mol. The van der Waals surface area contributed by atoms with Crippen molar-refractivity contribution in [3.63, 3.8) is 0 Å². The van der Waals surface area contributed by atoms with Gasteiger partial charge in [0.2, 0.25) is 0 Å². The van der Waals surface area contributed by atoms with E-state index >= 15 is 0 Å². The SMILES string of the molecule is C=N/C=C(OC(=O)N1CCN(Cc2cccc(C(F)(F)F)c2C)C[C@H]1C)\C(C)=C(/C)C#N. The van der Waals surface area contributed by atoms with Crippen LogP contribution in [0.2, 0.25) is 0 Å². The van der Waals surface area contributed by atoms with Gasteiger partial charge in [-0.3, -0.25) is 9.89 Å². The van der Waals surface area contributed by atoms with Gasteiger partial charge in [0.05, 0.1) is 17.8 Å². The molecule has 0 spiro atoms. The summed E-state index contributed by atoms with van der Waals surface area (Å²) < 4.78 is 45.0. The van der Waals surface area contributed by atoms with Crippen LogP contribution in [0.5, 0.6) is 0 Å². The Hall–Kier alpha value is -3.12. The number of nitrogens with zero attached hydrogens (tertiary/aromatic N) is 4. The van der Waals surface area contributed by atoms with Crippen LogP contribution in [-0.2, 0) is 17.5 Å². The molecular weight excluding hydrogens is 421 g/mol. The molecule has 0 radical (unpaired) electrons. The Labute approximate surface area is 186 Å². The second-order valence-corrected chi connectivity index (χ2v) is 7.77. The van der Waals surface area contributed by atoms with E-state index in [2.05, 4.69) is 11.7 Å². The van der Waals surface area contributed by atoms with Gasteiger partial charge in [0.1, 0.15) is 0 Å². The number of carbonyl (C=O) groups excluding carboxylic acids is 1. The Bertz CT molecular complexity index is 976. The lowest BCUT2D eigenvalue weighted by Crippen LogP contribution is -2.53. The molecule has 1 atom stereocenters. The number of allylic oxidation sites excluding steroid dienone is 2. The summed E-state index contributed by atoms with van der Waals surface area (Å²) in [6.07, 6.45) is -3.68. The maximum atomic E-state index is 13.2. The van der Waals surface area contributed by atoms with Crippen LogP contribution < -0.4 is 0 Å². The maximum absolute atomic E-state index is 13.2. The van der Waals surface area contributed by atoms with Gasteiger partial charge in [0.25, 0.3) is 0 Å². The molecule has 172 valence electrons. The third-order valence-corrected chi connectivity index (χ3v) is 5.60. The van der Waals surface area contributed by atoms with E-state index in [0.29, 0.717) is 42.9 Å². The number of ether oxygens (including phenoxy) is 1. The highest BCUT2D eigenvalue weighted by Crippen LogP contribution is 2.33. The maximum Gasteiger partial charge on any atom is 0.416 e. The van der Waals surface area contributed by atoms with Gasteiger partial charge in [-0.05, 0) is 51.6 Å². The summed E-state index contributed by atoms with van der Waals surface area (Å²) in [6.45, 7) is 11.6. The number of piperazine rings is 1. The number of hydrogen-bond donors (Lipinski definition) is 0. The molecule has 6 nitrogen and oxygen atoms in total. The van der Waals surface area contributed by atoms with Crippen LogP contribution in [0.3, 0.4) is 0 Å². The summed E-state index contributed by atoms with van der Waals surface area (Å²) >= 11 is 0. The third-order valence-electron chi connectivity index (χ3n) is 5.60. The first-order valence-corrected chi connectivity index (χ1v) is 10.1. The largest absolute Gasteiger partial charge is 0.416 e. The molecule has 0 bridgehead atoms. The number of alkyl halides is 3. The average molecular weight is 448 g/mol. The second kappa shape index (κ2) is 10.5. The van der Waals surface area contributed by atoms with Gasteiger partial charge in [-0.15, -0.1) is 0 Å². The molecule has 1 fully saturated rings. The predicted octanol–water partition coefficient (Wildman–Crippen LogP) is 5.06. The fourth-order valence-electron chi connectivity index (χ4n) is 3.55. The summed E-state index contributed by atoms with van der Waals surface area (Å²) in [6, 6.07) is 5.99. The number of nitriles is 1. The van der Waals surface area contributed by atoms with Crippen molar-refractivity contribution in [3.05, 3.63) is 58.0 Å². The van der Waals surface area contributed by atoms with Gasteiger partial charge in [-0.25, -0.2) is 4.79 Å². The molecule has 1 aliphatic rings. The minimum atomic E-state index is -4.39. The molecule has 1 heterocycles. The number of benzene rings is 1. The molecule has 9 heteroatoms. The van der Waals surface area contributed by atoms with Crippen molar-refractivity contribution in [1.29, 1.82) is 5.26 Å². The van der Waals surface area contributed by atoms with Crippen LogP contribution in [0.4, 0.5) is 18.0 Å². The molecule has 1 amide bonds. The Morgan fingerprint density at radius 3 is 2.62 bits per heavy atom. The smallest absolute Gasteiger partial charge is 0.408 e. The standard InChI is InChI=1S/C23H27F3N4O2/c1-15(11-27)17(3)21(12-28-5)32-22(31)30-10-9-29(13-16(30)2)14-19-7-6-8-20(18(19)4)23(24,25)26/h6-8,12,16H,5,9-10,13-14H2,1-4H3/b17-15+,21-12+/t16-/m1/s1. The van der Waals surface area contributed by atoms with Gasteiger partial charge >= 0.3 is 12.3 Å². The van der Waals surface area contributed by atoms with E-state index < -0.39 is 17.8 Å². The van der Waals surface area contributed by atoms with Crippen molar-refractivity contribution in [1.82, 2.24) is 9.80 Å². The number of rotatable bonds is 5. The van der Waals surface area contributed by atoms with E-state index in [1.165, 1.54) is 19.2 Å². The Morgan fingerprint density at radius 2 is 2.06 bits per heavy atom. The number of halogens is 3. The molecule has 0 unspecified atom stereocenters. The van der Waals surface area contributed by atoms with Crippen LogP contribution in [0, 0.1) is 18.3 Å². The number of hydrogen-bond acceptors (Lipinski definition) is 5. The van der Waals surface area contributed by atoms with E-state index in [-0.39, 0.29) is 17.4 Å². The molecule has 0 N–H and O–H groups in total. The average Bonchev–Trinajstić information content (AvgIpc) is 2.73. The second-order valence-electron chi connectivity index (χ2n) is 7.77. The molecule has 32 heavy (non-hydrogen) atoms. The van der Waals surface area contributed by atoms with Gasteiger partial charge in [0.15, 0.2) is 5.76 Å². The first-order chi connectivity index (χ1) is 15.0. The van der Waals surface area contributed by atoms with Crippen LogP contribution in [0.25, 0.3) is 0 Å². The van der Waals surface area contributed by atoms with Crippen molar-refractivity contribution in [3.8, 4) is 6.07 Å². The van der Waals surface area contributed by atoms with E-state index in [4.69, 9.17) is 10.00 Å². The quantitative estimate of drug-likeness (QED) is 0.273. The molecule has 0 saturated carbocycles. The summed E-state index contributed by atoms with van der Waals surface area (Å²) in [4.78, 5) is 20.0. The lowest BCUT2D eigenvalue weighted by molar-refractivity contribution is -0.138. The molecule has 0 aromatic heterocycles. The number of amides is 1. The third kappa shape index (κ3) is 5.98. The monoisotopic (exact) mass is 448 g/mol. The van der Waals surface area contributed by atoms with Gasteiger partial charge in [0, 0.05) is 43.4 Å². The Balaban J connectivity index is 2.08. The molecule has 1 saturated heterocycles. The van der Waals surface area contributed by atoms with Crippen LogP contribution in [0.15, 0.2) is 46.3 Å². The molecule has 1 aromatic carbocycles. The highest BCUT2D eigenvalue weighted by atomic mass is 19.4. The summed E-state index contributed by atoms with van der Waals surface area (Å²) in [7, 11) is 0. The molecular formula is C23H27F3N4O2. The number of aliphatic imine (C=N–C) groups is 1. The molecule has 0 aliphatic carbocycles. The van der Waals surface area contributed by atoms with Gasteiger partial charge in [-0.2, -0.15) is 18.4 Å². The van der Waals surface area contributed by atoms with Crippen LogP contribution >= 0.6 is 0 Å². The van der Waals surface area contributed by atoms with E-state index in [9.17, 15) is 18.0 Å².